The van der Waals surface area contributed by atoms with E-state index in [-0.39, 0.29) is 18.4 Å². The average Bonchev–Trinajstić information content (AvgIpc) is 3.16. The number of nitrogens with zero attached hydrogens (tertiary/aromatic N) is 1. The summed E-state index contributed by atoms with van der Waals surface area (Å²) in [6.45, 7) is 5.89. The van der Waals surface area contributed by atoms with Crippen molar-refractivity contribution in [1.29, 1.82) is 0 Å². The van der Waals surface area contributed by atoms with Crippen molar-refractivity contribution in [2.45, 2.75) is 27.3 Å². The zero-order chi connectivity index (χ0) is 20.8. The van der Waals surface area contributed by atoms with E-state index >= 15 is 0 Å². The Balaban J connectivity index is 1.56. The van der Waals surface area contributed by atoms with Crippen molar-refractivity contribution in [2.24, 2.45) is 0 Å². The first-order valence-electron chi connectivity index (χ1n) is 9.20. The number of thiazole rings is 1. The second kappa shape index (κ2) is 9.34. The molecule has 0 bridgehead atoms. The van der Waals surface area contributed by atoms with Gasteiger partial charge in [0.1, 0.15) is 5.75 Å². The van der Waals surface area contributed by atoms with Gasteiger partial charge in [-0.2, -0.15) is 0 Å². The number of ether oxygens (including phenoxy) is 1. The molecule has 150 valence electrons. The highest BCUT2D eigenvalue weighted by atomic mass is 32.1. The number of nitrogens with one attached hydrogen (secondary N) is 2. The Morgan fingerprint density at radius 3 is 2.59 bits per heavy atom. The van der Waals surface area contributed by atoms with E-state index in [0.29, 0.717) is 17.4 Å². The maximum atomic E-state index is 12.2. The van der Waals surface area contributed by atoms with Crippen molar-refractivity contribution >= 4 is 28.3 Å². The summed E-state index contributed by atoms with van der Waals surface area (Å²) >= 11 is 1.36. The molecule has 0 aliphatic carbocycles. The van der Waals surface area contributed by atoms with Crippen molar-refractivity contribution < 1.29 is 14.3 Å². The van der Waals surface area contributed by atoms with Gasteiger partial charge in [-0.05, 0) is 36.6 Å². The quantitative estimate of drug-likeness (QED) is 0.616. The molecule has 0 atom stereocenters. The largest absolute Gasteiger partial charge is 0.483 e. The van der Waals surface area contributed by atoms with Gasteiger partial charge in [0.05, 0.1) is 5.69 Å². The summed E-state index contributed by atoms with van der Waals surface area (Å²) in [5.74, 6) is 0.396. The summed E-state index contributed by atoms with van der Waals surface area (Å²) in [5.41, 5.74) is 4.89. The first-order valence-corrected chi connectivity index (χ1v) is 10.1. The minimum absolute atomic E-state index is 0.0597. The van der Waals surface area contributed by atoms with Gasteiger partial charge in [0.15, 0.2) is 11.7 Å². The van der Waals surface area contributed by atoms with Crippen LogP contribution in [0.3, 0.4) is 0 Å². The standard InChI is InChI=1S/C22H23N3O3S/c1-14-5-4-6-20(15(14)2)28-12-21(27)25-22-24-19(13-29-22)18-9-7-17(8-10-18)11-23-16(3)26/h4-10,13H,11-12H2,1-3H3,(H,23,26)(H,24,25,27). The number of anilines is 1. The highest BCUT2D eigenvalue weighted by Crippen LogP contribution is 2.25. The summed E-state index contributed by atoms with van der Waals surface area (Å²) in [4.78, 5) is 27.7. The molecular formula is C22H23N3O3S. The second-order valence-electron chi connectivity index (χ2n) is 6.68. The fraction of sp³-hybridized carbons (Fsp3) is 0.227. The van der Waals surface area contributed by atoms with Crippen LogP contribution in [0, 0.1) is 13.8 Å². The van der Waals surface area contributed by atoms with E-state index in [1.807, 2.05) is 61.7 Å². The minimum atomic E-state index is -0.252. The van der Waals surface area contributed by atoms with Crippen molar-refractivity contribution in [3.8, 4) is 17.0 Å². The summed E-state index contributed by atoms with van der Waals surface area (Å²) in [5, 5.41) is 7.96. The highest BCUT2D eigenvalue weighted by Gasteiger charge is 2.10. The van der Waals surface area contributed by atoms with Crippen molar-refractivity contribution in [1.82, 2.24) is 10.3 Å². The Morgan fingerprint density at radius 1 is 1.10 bits per heavy atom. The third-order valence-corrected chi connectivity index (χ3v) is 5.21. The number of carbonyl (C=O) groups is 2. The van der Waals surface area contributed by atoms with Gasteiger partial charge in [0.2, 0.25) is 5.91 Å². The highest BCUT2D eigenvalue weighted by molar-refractivity contribution is 7.14. The van der Waals surface area contributed by atoms with Crippen LogP contribution in [0.2, 0.25) is 0 Å². The Hall–Kier alpha value is -3.19. The molecule has 2 aromatic carbocycles. The lowest BCUT2D eigenvalue weighted by molar-refractivity contribution is -0.119. The van der Waals surface area contributed by atoms with Gasteiger partial charge >= 0.3 is 0 Å². The summed E-state index contributed by atoms with van der Waals surface area (Å²) < 4.78 is 5.63. The molecule has 0 aliphatic heterocycles. The Morgan fingerprint density at radius 2 is 1.86 bits per heavy atom. The zero-order valence-electron chi connectivity index (χ0n) is 16.6. The van der Waals surface area contributed by atoms with Crippen LogP contribution in [0.15, 0.2) is 47.8 Å². The van der Waals surface area contributed by atoms with Crippen molar-refractivity contribution in [3.05, 3.63) is 64.5 Å². The van der Waals surface area contributed by atoms with E-state index < -0.39 is 0 Å². The molecule has 0 spiro atoms. The van der Waals surface area contributed by atoms with Gasteiger partial charge in [-0.1, -0.05) is 36.4 Å². The third-order valence-electron chi connectivity index (χ3n) is 4.46. The molecule has 1 aromatic heterocycles. The Labute approximate surface area is 173 Å². The number of hydrogen-bond acceptors (Lipinski definition) is 5. The predicted molar refractivity (Wildman–Crippen MR) is 115 cm³/mol. The lowest BCUT2D eigenvalue weighted by atomic mass is 10.1. The molecule has 6 nitrogen and oxygen atoms in total. The molecule has 7 heteroatoms. The van der Waals surface area contributed by atoms with E-state index in [4.69, 9.17) is 4.74 Å². The van der Waals surface area contributed by atoms with E-state index in [0.717, 1.165) is 27.9 Å². The van der Waals surface area contributed by atoms with Gasteiger partial charge in [-0.15, -0.1) is 11.3 Å². The number of hydrogen-bond donors (Lipinski definition) is 2. The maximum absolute atomic E-state index is 12.2. The fourth-order valence-electron chi connectivity index (χ4n) is 2.66. The molecule has 2 amide bonds. The van der Waals surface area contributed by atoms with Crippen LogP contribution in [0.4, 0.5) is 5.13 Å². The Kier molecular flexibility index (Phi) is 6.61. The topological polar surface area (TPSA) is 80.3 Å². The number of benzene rings is 2. The zero-order valence-corrected chi connectivity index (χ0v) is 17.4. The number of amides is 2. The van der Waals surface area contributed by atoms with E-state index in [9.17, 15) is 9.59 Å². The van der Waals surface area contributed by atoms with Gasteiger partial charge in [-0.3, -0.25) is 14.9 Å². The monoisotopic (exact) mass is 409 g/mol. The van der Waals surface area contributed by atoms with Crippen LogP contribution in [0.1, 0.15) is 23.6 Å². The van der Waals surface area contributed by atoms with Crippen LogP contribution in [0.5, 0.6) is 5.75 Å². The van der Waals surface area contributed by atoms with Gasteiger partial charge in [0.25, 0.3) is 5.91 Å². The van der Waals surface area contributed by atoms with Crippen LogP contribution < -0.4 is 15.4 Å². The molecular weight excluding hydrogens is 386 g/mol. The van der Waals surface area contributed by atoms with Gasteiger partial charge < -0.3 is 10.1 Å². The van der Waals surface area contributed by atoms with E-state index in [2.05, 4.69) is 15.6 Å². The van der Waals surface area contributed by atoms with Gasteiger partial charge in [-0.25, -0.2) is 4.98 Å². The smallest absolute Gasteiger partial charge is 0.264 e. The molecule has 0 fully saturated rings. The van der Waals surface area contributed by atoms with Crippen molar-refractivity contribution in [2.75, 3.05) is 11.9 Å². The predicted octanol–water partition coefficient (Wildman–Crippen LogP) is 4.08. The van der Waals surface area contributed by atoms with E-state index in [1.165, 1.54) is 18.3 Å². The first-order chi connectivity index (χ1) is 13.9. The summed E-state index contributed by atoms with van der Waals surface area (Å²) in [6.07, 6.45) is 0. The maximum Gasteiger partial charge on any atom is 0.264 e. The number of aromatic nitrogens is 1. The van der Waals surface area contributed by atoms with Crippen molar-refractivity contribution in [3.63, 3.8) is 0 Å². The lowest BCUT2D eigenvalue weighted by Gasteiger charge is -2.10. The summed E-state index contributed by atoms with van der Waals surface area (Å²) in [7, 11) is 0. The molecule has 1 heterocycles. The molecule has 0 unspecified atom stereocenters. The molecule has 3 rings (SSSR count). The lowest BCUT2D eigenvalue weighted by Crippen LogP contribution is -2.20. The molecule has 0 saturated heterocycles. The minimum Gasteiger partial charge on any atom is -0.483 e. The van der Waals surface area contributed by atoms with E-state index in [1.54, 1.807) is 0 Å². The second-order valence-corrected chi connectivity index (χ2v) is 7.54. The van der Waals surface area contributed by atoms with Gasteiger partial charge in [0, 0.05) is 24.4 Å². The molecule has 2 N–H and O–H groups in total. The molecule has 3 aromatic rings. The third kappa shape index (κ3) is 5.65. The number of aryl methyl sites for hydroxylation is 1. The Bertz CT molecular complexity index is 1010. The van der Waals surface area contributed by atoms with Crippen LogP contribution in [-0.4, -0.2) is 23.4 Å². The summed E-state index contributed by atoms with van der Waals surface area (Å²) in [6, 6.07) is 13.5. The first kappa shape index (κ1) is 20.5. The SMILES string of the molecule is CC(=O)NCc1ccc(-c2csc(NC(=O)COc3cccc(C)c3C)n2)cc1. The number of rotatable bonds is 7. The van der Waals surface area contributed by atoms with Crippen LogP contribution >= 0.6 is 11.3 Å². The fourth-order valence-corrected chi connectivity index (χ4v) is 3.40. The molecule has 0 aliphatic rings. The average molecular weight is 410 g/mol. The molecule has 29 heavy (non-hydrogen) atoms. The molecule has 0 saturated carbocycles. The van der Waals surface area contributed by atoms with Crippen LogP contribution in [-0.2, 0) is 16.1 Å². The number of carbonyl (C=O) groups excluding carboxylic acids is 2. The molecule has 0 radical (unpaired) electrons. The normalized spacial score (nSPS) is 10.4. The van der Waals surface area contributed by atoms with Crippen LogP contribution in [0.25, 0.3) is 11.3 Å².